The Morgan fingerprint density at radius 3 is 2.28 bits per heavy atom. The monoisotopic (exact) mass is 533 g/mol. The van der Waals surface area contributed by atoms with E-state index in [1.54, 1.807) is 29.2 Å². The lowest BCUT2D eigenvalue weighted by Crippen LogP contribution is -2.44. The first-order valence-electron chi connectivity index (χ1n) is 14.1. The van der Waals surface area contributed by atoms with Crippen molar-refractivity contribution in [2.45, 2.75) is 65.3 Å². The molecule has 0 spiro atoms. The van der Waals surface area contributed by atoms with Crippen LogP contribution in [-0.4, -0.2) is 47.4 Å². The van der Waals surface area contributed by atoms with Crippen molar-refractivity contribution in [3.63, 3.8) is 0 Å². The minimum Gasteiger partial charge on any atom is -0.508 e. The van der Waals surface area contributed by atoms with Crippen LogP contribution in [0.15, 0.2) is 66.7 Å². The first-order chi connectivity index (χ1) is 18.7. The molecule has 2 aromatic carbocycles. The third-order valence-electron chi connectivity index (χ3n) is 7.44. The van der Waals surface area contributed by atoms with Gasteiger partial charge in [0.15, 0.2) is 5.78 Å². The molecule has 1 heterocycles. The quantitative estimate of drug-likeness (QED) is 0.261. The molecule has 39 heavy (non-hydrogen) atoms. The van der Waals surface area contributed by atoms with Crippen LogP contribution in [0.4, 0.5) is 0 Å². The highest BCUT2D eigenvalue weighted by Crippen LogP contribution is 2.27. The molecule has 0 aliphatic carbocycles. The van der Waals surface area contributed by atoms with Crippen molar-refractivity contribution in [2.24, 2.45) is 23.7 Å². The van der Waals surface area contributed by atoms with E-state index in [1.807, 2.05) is 36.4 Å². The highest BCUT2D eigenvalue weighted by molar-refractivity contribution is 5.93. The standard InChI is InChI=1S/C33H43NO5/c1-23(2)19-24(3)12-15-27(20-25-9-6-5-7-10-25)32(37)34-18-8-11-30(34)31(36)22-28(33(38)39-4)21-26-13-16-29(35)17-14-26/h5-7,9-10,12-17,23-24,27-28,30,35H,8,11,18-22H2,1-4H3/b15-12+/t24-,27-,28-,30+/m1/s1. The fourth-order valence-corrected chi connectivity index (χ4v) is 5.53. The van der Waals surface area contributed by atoms with E-state index in [-0.39, 0.29) is 29.8 Å². The van der Waals surface area contributed by atoms with E-state index in [0.29, 0.717) is 37.6 Å². The first kappa shape index (κ1) is 30.1. The molecule has 0 aromatic heterocycles. The van der Waals surface area contributed by atoms with Crippen molar-refractivity contribution in [3.05, 3.63) is 77.9 Å². The van der Waals surface area contributed by atoms with Crippen LogP contribution in [0.2, 0.25) is 0 Å². The Morgan fingerprint density at radius 1 is 0.974 bits per heavy atom. The van der Waals surface area contributed by atoms with E-state index in [2.05, 4.69) is 26.8 Å². The van der Waals surface area contributed by atoms with Gasteiger partial charge in [0.2, 0.25) is 5.91 Å². The number of esters is 1. The van der Waals surface area contributed by atoms with Gasteiger partial charge in [0.25, 0.3) is 0 Å². The molecule has 0 radical (unpaired) electrons. The summed E-state index contributed by atoms with van der Waals surface area (Å²) in [5.41, 5.74) is 1.91. The van der Waals surface area contributed by atoms with Gasteiger partial charge in [0.1, 0.15) is 5.75 Å². The molecule has 3 rings (SSSR count). The Balaban J connectivity index is 1.76. The normalized spacial score (nSPS) is 17.8. The summed E-state index contributed by atoms with van der Waals surface area (Å²) in [5, 5.41) is 9.57. The maximum absolute atomic E-state index is 13.9. The number of phenolic OH excluding ortho intramolecular Hbond substituents is 1. The number of ketones is 1. The van der Waals surface area contributed by atoms with Crippen LogP contribution in [-0.2, 0) is 32.0 Å². The number of hydrogen-bond acceptors (Lipinski definition) is 5. The van der Waals surface area contributed by atoms with Gasteiger partial charge >= 0.3 is 5.97 Å². The van der Waals surface area contributed by atoms with E-state index in [4.69, 9.17) is 4.74 Å². The number of phenols is 1. The molecular weight excluding hydrogens is 490 g/mol. The predicted octanol–water partition coefficient (Wildman–Crippen LogP) is 5.77. The number of likely N-dealkylation sites (tertiary alicyclic amines) is 1. The van der Waals surface area contributed by atoms with Crippen LogP contribution in [0.5, 0.6) is 5.75 Å². The predicted molar refractivity (Wildman–Crippen MR) is 153 cm³/mol. The lowest BCUT2D eigenvalue weighted by atomic mass is 9.90. The minimum absolute atomic E-state index is 0.00656. The number of rotatable bonds is 13. The second kappa shape index (κ2) is 14.7. The molecule has 1 aliphatic heterocycles. The van der Waals surface area contributed by atoms with Gasteiger partial charge in [-0.2, -0.15) is 0 Å². The number of hydrogen-bond donors (Lipinski definition) is 1. The number of ether oxygens (including phenoxy) is 1. The summed E-state index contributed by atoms with van der Waals surface area (Å²) in [5.74, 6) is -0.531. The van der Waals surface area contributed by atoms with Crippen LogP contribution in [0.25, 0.3) is 0 Å². The number of Topliss-reactive ketones (excluding diaryl/α,β-unsaturated/α-hetero) is 1. The summed E-state index contributed by atoms with van der Waals surface area (Å²) < 4.78 is 5.00. The Labute approximate surface area is 233 Å². The molecule has 210 valence electrons. The zero-order chi connectivity index (χ0) is 28.4. The van der Waals surface area contributed by atoms with E-state index in [9.17, 15) is 19.5 Å². The van der Waals surface area contributed by atoms with E-state index < -0.39 is 17.9 Å². The van der Waals surface area contributed by atoms with Gasteiger partial charge in [-0.15, -0.1) is 0 Å². The fourth-order valence-electron chi connectivity index (χ4n) is 5.53. The Hall–Kier alpha value is -3.41. The van der Waals surface area contributed by atoms with E-state index in [0.717, 1.165) is 24.0 Å². The summed E-state index contributed by atoms with van der Waals surface area (Å²) in [6, 6.07) is 16.0. The molecule has 6 heteroatoms. The summed E-state index contributed by atoms with van der Waals surface area (Å²) in [6.45, 7) is 7.10. The van der Waals surface area contributed by atoms with Gasteiger partial charge in [-0.05, 0) is 67.2 Å². The molecule has 6 nitrogen and oxygen atoms in total. The molecule has 0 saturated carbocycles. The van der Waals surface area contributed by atoms with Gasteiger partial charge in [0, 0.05) is 13.0 Å². The highest BCUT2D eigenvalue weighted by Gasteiger charge is 2.38. The van der Waals surface area contributed by atoms with Crippen LogP contribution in [0, 0.1) is 23.7 Å². The average molecular weight is 534 g/mol. The second-order valence-electron chi connectivity index (χ2n) is 11.2. The number of carbonyl (C=O) groups excluding carboxylic acids is 3. The number of methoxy groups -OCH3 is 1. The minimum atomic E-state index is -0.651. The van der Waals surface area contributed by atoms with Crippen molar-refractivity contribution < 1.29 is 24.2 Å². The molecule has 1 aliphatic rings. The van der Waals surface area contributed by atoms with Crippen LogP contribution in [0.3, 0.4) is 0 Å². The van der Waals surface area contributed by atoms with Crippen molar-refractivity contribution in [1.29, 1.82) is 0 Å². The van der Waals surface area contributed by atoms with Crippen molar-refractivity contribution >= 4 is 17.7 Å². The van der Waals surface area contributed by atoms with Crippen LogP contribution >= 0.6 is 0 Å². The summed E-state index contributed by atoms with van der Waals surface area (Å²) >= 11 is 0. The molecular formula is C33H43NO5. The largest absolute Gasteiger partial charge is 0.508 e. The summed E-state index contributed by atoms with van der Waals surface area (Å²) in [6.07, 6.45) is 7.49. The average Bonchev–Trinajstić information content (AvgIpc) is 3.41. The number of amides is 1. The molecule has 0 unspecified atom stereocenters. The van der Waals surface area contributed by atoms with Crippen LogP contribution < -0.4 is 0 Å². The van der Waals surface area contributed by atoms with Crippen molar-refractivity contribution in [3.8, 4) is 5.75 Å². The SMILES string of the molecule is COC(=O)[C@@H](CC(=O)[C@@H]1CCCN1C(=O)[C@H](/C=C/[C@@H](C)CC(C)C)Cc1ccccc1)Cc1ccc(O)cc1. The van der Waals surface area contributed by atoms with Gasteiger partial charge in [0.05, 0.1) is 25.0 Å². The lowest BCUT2D eigenvalue weighted by molar-refractivity contribution is -0.148. The second-order valence-corrected chi connectivity index (χ2v) is 11.2. The Bertz CT molecular complexity index is 1110. The molecule has 0 bridgehead atoms. The van der Waals surface area contributed by atoms with Crippen LogP contribution in [0.1, 0.15) is 57.6 Å². The van der Waals surface area contributed by atoms with Gasteiger partial charge in [-0.25, -0.2) is 0 Å². The zero-order valence-electron chi connectivity index (χ0n) is 23.7. The topological polar surface area (TPSA) is 83.9 Å². The molecule has 1 N–H and O–H groups in total. The number of allylic oxidation sites excluding steroid dienone is 1. The number of benzene rings is 2. The zero-order valence-corrected chi connectivity index (χ0v) is 23.7. The number of nitrogens with zero attached hydrogens (tertiary/aromatic N) is 1. The Kier molecular flexibility index (Phi) is 11.3. The molecule has 1 saturated heterocycles. The highest BCUT2D eigenvalue weighted by atomic mass is 16.5. The molecule has 2 aromatic rings. The number of carbonyl (C=O) groups is 3. The third kappa shape index (κ3) is 9.09. The maximum Gasteiger partial charge on any atom is 0.309 e. The van der Waals surface area contributed by atoms with Gasteiger partial charge in [-0.3, -0.25) is 14.4 Å². The Morgan fingerprint density at radius 2 is 1.64 bits per heavy atom. The number of aromatic hydroxyl groups is 1. The maximum atomic E-state index is 13.9. The third-order valence-corrected chi connectivity index (χ3v) is 7.44. The van der Waals surface area contributed by atoms with Crippen molar-refractivity contribution in [2.75, 3.05) is 13.7 Å². The van der Waals surface area contributed by atoms with Crippen molar-refractivity contribution in [1.82, 2.24) is 4.90 Å². The smallest absolute Gasteiger partial charge is 0.309 e. The van der Waals surface area contributed by atoms with Gasteiger partial charge in [-0.1, -0.05) is 75.4 Å². The summed E-state index contributed by atoms with van der Waals surface area (Å²) in [4.78, 5) is 41.8. The molecule has 4 atom stereocenters. The lowest BCUT2D eigenvalue weighted by Gasteiger charge is -2.28. The van der Waals surface area contributed by atoms with E-state index >= 15 is 0 Å². The summed E-state index contributed by atoms with van der Waals surface area (Å²) in [7, 11) is 1.32. The fraction of sp³-hybridized carbons (Fsp3) is 0.485. The first-order valence-corrected chi connectivity index (χ1v) is 14.1. The molecule has 1 fully saturated rings. The van der Waals surface area contributed by atoms with E-state index in [1.165, 1.54) is 7.11 Å². The molecule has 1 amide bonds. The van der Waals surface area contributed by atoms with Gasteiger partial charge < -0.3 is 14.7 Å².